The Morgan fingerprint density at radius 1 is 1.28 bits per heavy atom. The van der Waals surface area contributed by atoms with E-state index in [4.69, 9.17) is 0 Å². The molecule has 3 heterocycles. The lowest BCUT2D eigenvalue weighted by molar-refractivity contribution is 0.147. The Labute approximate surface area is 146 Å². The lowest BCUT2D eigenvalue weighted by atomic mass is 9.74. The molecule has 3 aromatic rings. The molecule has 0 spiro atoms. The summed E-state index contributed by atoms with van der Waals surface area (Å²) in [5, 5.41) is 14.4. The molecule has 0 bridgehead atoms. The van der Waals surface area contributed by atoms with E-state index in [0.29, 0.717) is 18.0 Å². The Kier molecular flexibility index (Phi) is 3.25. The van der Waals surface area contributed by atoms with Gasteiger partial charge in [-0.1, -0.05) is 12.1 Å². The molecule has 25 heavy (non-hydrogen) atoms. The number of aromatic nitrogens is 2. The molecule has 5 nitrogen and oxygen atoms in total. The van der Waals surface area contributed by atoms with Gasteiger partial charge in [0.15, 0.2) is 0 Å². The van der Waals surface area contributed by atoms with Crippen LogP contribution in [0.4, 0.5) is 5.69 Å². The predicted octanol–water partition coefficient (Wildman–Crippen LogP) is 3.09. The molecule has 0 amide bonds. The van der Waals surface area contributed by atoms with Crippen molar-refractivity contribution in [1.29, 1.82) is 0 Å². The molecule has 1 aromatic carbocycles. The van der Waals surface area contributed by atoms with Crippen LogP contribution in [0.3, 0.4) is 0 Å². The molecule has 1 unspecified atom stereocenters. The first-order valence-electron chi connectivity index (χ1n) is 8.90. The minimum absolute atomic E-state index is 0.0605. The highest BCUT2D eigenvalue weighted by Gasteiger charge is 2.39. The highest BCUT2D eigenvalue weighted by atomic mass is 16.3. The Morgan fingerprint density at radius 3 is 3.04 bits per heavy atom. The van der Waals surface area contributed by atoms with E-state index < -0.39 is 0 Å². The third-order valence-corrected chi connectivity index (χ3v) is 5.84. The number of nitrogens with zero attached hydrogens (tertiary/aromatic N) is 2. The quantitative estimate of drug-likeness (QED) is 0.674. The number of nitrogens with one attached hydrogen (secondary N) is 2. The fourth-order valence-electron chi connectivity index (χ4n) is 4.75. The Hall–Kier alpha value is -2.53. The molecule has 3 N–H and O–H groups in total. The zero-order valence-electron chi connectivity index (χ0n) is 14.2. The number of benzene rings is 1. The van der Waals surface area contributed by atoms with E-state index in [0.717, 1.165) is 25.1 Å². The van der Waals surface area contributed by atoms with E-state index in [1.54, 1.807) is 12.3 Å². The van der Waals surface area contributed by atoms with Gasteiger partial charge in [0.2, 0.25) is 5.88 Å². The number of hydrogen-bond donors (Lipinski definition) is 3. The van der Waals surface area contributed by atoms with Crippen molar-refractivity contribution in [3.63, 3.8) is 0 Å². The van der Waals surface area contributed by atoms with Crippen molar-refractivity contribution in [2.24, 2.45) is 0 Å². The van der Waals surface area contributed by atoms with Crippen molar-refractivity contribution < 1.29 is 5.11 Å². The van der Waals surface area contributed by atoms with E-state index in [1.165, 1.54) is 22.0 Å². The van der Waals surface area contributed by atoms with Gasteiger partial charge in [-0.2, -0.15) is 0 Å². The number of anilines is 1. The van der Waals surface area contributed by atoms with E-state index in [1.807, 2.05) is 6.07 Å². The summed E-state index contributed by atoms with van der Waals surface area (Å²) in [5.41, 5.74) is 5.15. The average molecular weight is 334 g/mol. The fourth-order valence-corrected chi connectivity index (χ4v) is 4.75. The number of rotatable bonds is 2. The van der Waals surface area contributed by atoms with Crippen LogP contribution in [-0.4, -0.2) is 45.7 Å². The monoisotopic (exact) mass is 334 g/mol. The van der Waals surface area contributed by atoms with Crippen molar-refractivity contribution in [3.05, 3.63) is 53.9 Å². The van der Waals surface area contributed by atoms with Crippen LogP contribution in [0.2, 0.25) is 0 Å². The van der Waals surface area contributed by atoms with E-state index in [-0.39, 0.29) is 5.88 Å². The van der Waals surface area contributed by atoms with Crippen LogP contribution < -0.4 is 5.32 Å². The van der Waals surface area contributed by atoms with Gasteiger partial charge in [0.1, 0.15) is 0 Å². The second-order valence-electron chi connectivity index (χ2n) is 7.38. The number of likely N-dealkylation sites (N-methyl/N-ethyl adjacent to an activating group) is 1. The number of likely N-dealkylation sites (tertiary alicyclic amines) is 1. The number of aromatic hydroxyl groups is 1. The van der Waals surface area contributed by atoms with Gasteiger partial charge in [0, 0.05) is 47.7 Å². The maximum absolute atomic E-state index is 9.37. The maximum Gasteiger partial charge on any atom is 0.210 e. The summed E-state index contributed by atoms with van der Waals surface area (Å²) in [4.78, 5) is 9.90. The third kappa shape index (κ3) is 2.38. The molecule has 5 rings (SSSR count). The molecule has 2 aromatic heterocycles. The number of H-pyrrole nitrogens is 1. The number of fused-ring (bicyclic) bond motifs is 2. The van der Waals surface area contributed by atoms with Crippen LogP contribution in [0.15, 0.2) is 42.7 Å². The second-order valence-corrected chi connectivity index (χ2v) is 7.38. The lowest BCUT2D eigenvalue weighted by Crippen LogP contribution is -2.51. The first-order valence-corrected chi connectivity index (χ1v) is 8.90. The first kappa shape index (κ1) is 14.8. The van der Waals surface area contributed by atoms with Gasteiger partial charge in [-0.25, -0.2) is 4.98 Å². The van der Waals surface area contributed by atoms with Gasteiger partial charge < -0.3 is 20.3 Å². The standard InChI is InChI=1S/C20H22N4O/c1-24-11-14(23-13-5-6-19(25)22-10-13)8-16-15-3-2-4-17-20(15)12(9-21-17)7-18(16)24/h2-6,9-10,14,16,18,21,23H,7-8,11H2,1H3,(H,22,25)/t14?,16-,18-/m1/s1. The molecule has 1 aliphatic carbocycles. The molecule has 5 heteroatoms. The summed E-state index contributed by atoms with van der Waals surface area (Å²) < 4.78 is 0. The maximum atomic E-state index is 9.37. The van der Waals surface area contributed by atoms with Crippen LogP contribution >= 0.6 is 0 Å². The Bertz CT molecular complexity index is 917. The Balaban J connectivity index is 1.47. The van der Waals surface area contributed by atoms with Gasteiger partial charge in [0.05, 0.1) is 11.9 Å². The number of pyridine rings is 1. The largest absolute Gasteiger partial charge is 0.493 e. The summed E-state index contributed by atoms with van der Waals surface area (Å²) in [7, 11) is 2.23. The van der Waals surface area contributed by atoms with Crippen LogP contribution in [0.25, 0.3) is 10.9 Å². The topological polar surface area (TPSA) is 64.2 Å². The van der Waals surface area contributed by atoms with Crippen LogP contribution in [-0.2, 0) is 6.42 Å². The van der Waals surface area contributed by atoms with Crippen molar-refractivity contribution in [2.45, 2.75) is 30.8 Å². The lowest BCUT2D eigenvalue weighted by Gasteiger charge is -2.45. The summed E-state index contributed by atoms with van der Waals surface area (Å²) >= 11 is 0. The van der Waals surface area contributed by atoms with Gasteiger partial charge in [0.25, 0.3) is 0 Å². The summed E-state index contributed by atoms with van der Waals surface area (Å²) in [6, 6.07) is 11.1. The highest BCUT2D eigenvalue weighted by molar-refractivity contribution is 5.88. The van der Waals surface area contributed by atoms with E-state index >= 15 is 0 Å². The zero-order chi connectivity index (χ0) is 17.0. The first-order chi connectivity index (χ1) is 12.2. The molecule has 1 saturated heterocycles. The number of aromatic amines is 1. The highest BCUT2D eigenvalue weighted by Crippen LogP contribution is 2.43. The average Bonchev–Trinajstić information content (AvgIpc) is 3.03. The van der Waals surface area contributed by atoms with Gasteiger partial charge >= 0.3 is 0 Å². The third-order valence-electron chi connectivity index (χ3n) is 5.84. The minimum atomic E-state index is 0.0605. The molecule has 2 aliphatic rings. The van der Waals surface area contributed by atoms with E-state index in [2.05, 4.69) is 51.6 Å². The normalized spacial score (nSPS) is 25.7. The zero-order valence-corrected chi connectivity index (χ0v) is 14.2. The fraction of sp³-hybridized carbons (Fsp3) is 0.350. The molecule has 3 atom stereocenters. The van der Waals surface area contributed by atoms with Gasteiger partial charge in [-0.05, 0) is 43.1 Å². The van der Waals surface area contributed by atoms with E-state index in [9.17, 15) is 5.11 Å². The molecular weight excluding hydrogens is 312 g/mol. The van der Waals surface area contributed by atoms with Crippen molar-refractivity contribution >= 4 is 16.6 Å². The van der Waals surface area contributed by atoms with Crippen molar-refractivity contribution in [2.75, 3.05) is 18.9 Å². The molecule has 128 valence electrons. The second kappa shape index (κ2) is 5.49. The van der Waals surface area contributed by atoms with Crippen LogP contribution in [0.5, 0.6) is 5.88 Å². The smallest absolute Gasteiger partial charge is 0.210 e. The number of hydrogen-bond acceptors (Lipinski definition) is 4. The van der Waals surface area contributed by atoms with Gasteiger partial charge in [-0.15, -0.1) is 0 Å². The minimum Gasteiger partial charge on any atom is -0.493 e. The predicted molar refractivity (Wildman–Crippen MR) is 99.1 cm³/mol. The van der Waals surface area contributed by atoms with Crippen LogP contribution in [0, 0.1) is 0 Å². The van der Waals surface area contributed by atoms with Crippen molar-refractivity contribution in [1.82, 2.24) is 14.9 Å². The summed E-state index contributed by atoms with van der Waals surface area (Å²) in [6.07, 6.45) is 6.11. The summed E-state index contributed by atoms with van der Waals surface area (Å²) in [6.45, 7) is 1.01. The molecule has 1 fully saturated rings. The number of piperidine rings is 1. The molecule has 0 radical (unpaired) electrons. The van der Waals surface area contributed by atoms with Crippen molar-refractivity contribution in [3.8, 4) is 5.88 Å². The molecule has 1 aliphatic heterocycles. The Morgan fingerprint density at radius 2 is 2.20 bits per heavy atom. The summed E-state index contributed by atoms with van der Waals surface area (Å²) in [5.74, 6) is 0.596. The molecular formula is C20H22N4O. The van der Waals surface area contributed by atoms with Crippen LogP contribution in [0.1, 0.15) is 23.5 Å². The van der Waals surface area contributed by atoms with Gasteiger partial charge in [-0.3, -0.25) is 0 Å². The SMILES string of the molecule is CN1CC(Nc2ccc(O)nc2)C[C@@H]2c3cccc4[nH]cc(c34)C[C@H]21. The molecule has 0 saturated carbocycles.